The highest BCUT2D eigenvalue weighted by Gasteiger charge is 2.26. The maximum atomic E-state index is 12.9. The van der Waals surface area contributed by atoms with Crippen LogP contribution in [0.25, 0.3) is 21.8 Å². The van der Waals surface area contributed by atoms with Gasteiger partial charge in [-0.3, -0.25) is 4.79 Å². The van der Waals surface area contributed by atoms with E-state index < -0.39 is 0 Å². The van der Waals surface area contributed by atoms with Gasteiger partial charge >= 0.3 is 0 Å². The number of nitrogens with one attached hydrogen (secondary N) is 1. The molecule has 0 radical (unpaired) electrons. The van der Waals surface area contributed by atoms with E-state index in [2.05, 4.69) is 59.1 Å². The third-order valence-corrected chi connectivity index (χ3v) is 6.27. The summed E-state index contributed by atoms with van der Waals surface area (Å²) in [7, 11) is 2.16. The van der Waals surface area contributed by atoms with Gasteiger partial charge in [0.05, 0.1) is 6.42 Å². The number of piperidine rings is 1. The minimum Gasteiger partial charge on any atom is -0.361 e. The van der Waals surface area contributed by atoms with Crippen molar-refractivity contribution in [1.29, 1.82) is 0 Å². The molecule has 142 valence electrons. The van der Waals surface area contributed by atoms with Crippen molar-refractivity contribution in [3.8, 4) is 0 Å². The van der Waals surface area contributed by atoms with Crippen LogP contribution < -0.4 is 0 Å². The fraction of sp³-hybridized carbons (Fsp3) is 0.292. The van der Waals surface area contributed by atoms with Crippen molar-refractivity contribution < 1.29 is 4.79 Å². The maximum absolute atomic E-state index is 12.9. The molecular formula is C24H25N3O. The fourth-order valence-electron chi connectivity index (χ4n) is 4.68. The van der Waals surface area contributed by atoms with Crippen LogP contribution in [-0.2, 0) is 18.3 Å². The van der Waals surface area contributed by atoms with Crippen LogP contribution in [0.4, 0.5) is 0 Å². The molecule has 2 aromatic carbocycles. The first kappa shape index (κ1) is 17.1. The largest absolute Gasteiger partial charge is 0.361 e. The number of benzene rings is 2. The SMILES string of the molecule is Cn1c(C2CCN(C(=O)Cc3c[nH]c4ccccc34)CC2)cc2ccccc21. The van der Waals surface area contributed by atoms with E-state index in [1.165, 1.54) is 16.6 Å². The molecule has 5 rings (SSSR count). The molecule has 1 saturated heterocycles. The lowest BCUT2D eigenvalue weighted by atomic mass is 9.93. The summed E-state index contributed by atoms with van der Waals surface area (Å²) in [6, 6.07) is 19.1. The molecule has 0 bridgehead atoms. The molecule has 1 amide bonds. The van der Waals surface area contributed by atoms with Gasteiger partial charge in [0.25, 0.3) is 0 Å². The van der Waals surface area contributed by atoms with Gasteiger partial charge in [0, 0.05) is 54.4 Å². The van der Waals surface area contributed by atoms with E-state index in [0.29, 0.717) is 12.3 Å². The summed E-state index contributed by atoms with van der Waals surface area (Å²) in [5.41, 5.74) is 4.87. The first-order valence-corrected chi connectivity index (χ1v) is 10.1. The number of hydrogen-bond acceptors (Lipinski definition) is 1. The Hall–Kier alpha value is -3.01. The number of fused-ring (bicyclic) bond motifs is 2. The second-order valence-corrected chi connectivity index (χ2v) is 7.88. The molecule has 1 aliphatic heterocycles. The molecule has 1 N–H and O–H groups in total. The maximum Gasteiger partial charge on any atom is 0.227 e. The number of para-hydroxylation sites is 2. The Bertz CT molecular complexity index is 1150. The fourth-order valence-corrected chi connectivity index (χ4v) is 4.68. The van der Waals surface area contributed by atoms with Crippen LogP contribution in [0.2, 0.25) is 0 Å². The van der Waals surface area contributed by atoms with Crippen molar-refractivity contribution in [2.45, 2.75) is 25.2 Å². The topological polar surface area (TPSA) is 41.0 Å². The summed E-state index contributed by atoms with van der Waals surface area (Å²) < 4.78 is 2.32. The van der Waals surface area contributed by atoms with Gasteiger partial charge < -0.3 is 14.5 Å². The zero-order chi connectivity index (χ0) is 19.1. The lowest BCUT2D eigenvalue weighted by Crippen LogP contribution is -2.39. The first-order valence-electron chi connectivity index (χ1n) is 10.1. The number of likely N-dealkylation sites (tertiary alicyclic amines) is 1. The zero-order valence-corrected chi connectivity index (χ0v) is 16.2. The number of amides is 1. The molecule has 4 nitrogen and oxygen atoms in total. The summed E-state index contributed by atoms with van der Waals surface area (Å²) in [6.45, 7) is 1.68. The molecule has 0 unspecified atom stereocenters. The molecule has 0 spiro atoms. The predicted octanol–water partition coefficient (Wildman–Crippen LogP) is 4.61. The van der Waals surface area contributed by atoms with Crippen molar-refractivity contribution in [3.63, 3.8) is 0 Å². The summed E-state index contributed by atoms with van der Waals surface area (Å²) in [5, 5.41) is 2.46. The van der Waals surface area contributed by atoms with Crippen LogP contribution in [0.5, 0.6) is 0 Å². The Labute approximate surface area is 164 Å². The van der Waals surface area contributed by atoms with E-state index in [9.17, 15) is 4.79 Å². The molecule has 2 aromatic heterocycles. The number of aryl methyl sites for hydroxylation is 1. The lowest BCUT2D eigenvalue weighted by molar-refractivity contribution is -0.131. The van der Waals surface area contributed by atoms with Crippen LogP contribution in [0, 0.1) is 0 Å². The van der Waals surface area contributed by atoms with E-state index in [1.54, 1.807) is 0 Å². The van der Waals surface area contributed by atoms with Gasteiger partial charge in [0.15, 0.2) is 0 Å². The third-order valence-electron chi connectivity index (χ3n) is 6.27. The van der Waals surface area contributed by atoms with Crippen LogP contribution in [0.3, 0.4) is 0 Å². The van der Waals surface area contributed by atoms with Crippen LogP contribution in [0.15, 0.2) is 60.8 Å². The lowest BCUT2D eigenvalue weighted by Gasteiger charge is -2.32. The van der Waals surface area contributed by atoms with Crippen molar-refractivity contribution in [2.24, 2.45) is 7.05 Å². The van der Waals surface area contributed by atoms with E-state index in [-0.39, 0.29) is 5.91 Å². The zero-order valence-electron chi connectivity index (χ0n) is 16.2. The number of carbonyl (C=O) groups is 1. The Balaban J connectivity index is 1.27. The van der Waals surface area contributed by atoms with Crippen LogP contribution in [-0.4, -0.2) is 33.4 Å². The highest BCUT2D eigenvalue weighted by Crippen LogP contribution is 2.32. The summed E-state index contributed by atoms with van der Waals surface area (Å²) in [5.74, 6) is 0.759. The standard InChI is InChI=1S/C24H25N3O/c1-26-22-9-5-2-6-18(22)14-23(26)17-10-12-27(13-11-17)24(28)15-19-16-25-21-8-4-3-7-20(19)21/h2-9,14,16-17,25H,10-13,15H2,1H3. The molecule has 3 heterocycles. The summed E-state index contributed by atoms with van der Waals surface area (Å²) in [6.07, 6.45) is 4.52. The Morgan fingerprint density at radius 1 is 1.07 bits per heavy atom. The van der Waals surface area contributed by atoms with Crippen molar-refractivity contribution >= 4 is 27.7 Å². The molecule has 0 saturated carbocycles. The Kier molecular flexibility index (Phi) is 4.19. The molecule has 4 aromatic rings. The smallest absolute Gasteiger partial charge is 0.227 e. The van der Waals surface area contributed by atoms with Gasteiger partial charge in [-0.1, -0.05) is 36.4 Å². The quantitative estimate of drug-likeness (QED) is 0.561. The van der Waals surface area contributed by atoms with E-state index in [1.807, 2.05) is 23.2 Å². The predicted molar refractivity (Wildman–Crippen MR) is 113 cm³/mol. The number of carbonyl (C=O) groups excluding carboxylic acids is 1. The number of aromatic amines is 1. The minimum absolute atomic E-state index is 0.236. The van der Waals surface area contributed by atoms with Gasteiger partial charge in [-0.05, 0) is 42.0 Å². The molecule has 0 aliphatic carbocycles. The van der Waals surface area contributed by atoms with Crippen LogP contribution in [0.1, 0.15) is 30.0 Å². The van der Waals surface area contributed by atoms with Crippen molar-refractivity contribution in [2.75, 3.05) is 13.1 Å². The molecule has 1 aliphatic rings. The van der Waals surface area contributed by atoms with Crippen LogP contribution >= 0.6 is 0 Å². The van der Waals surface area contributed by atoms with Gasteiger partial charge in [0.2, 0.25) is 5.91 Å². The second-order valence-electron chi connectivity index (χ2n) is 7.88. The van der Waals surface area contributed by atoms with Gasteiger partial charge in [0.1, 0.15) is 0 Å². The molecule has 4 heteroatoms. The highest BCUT2D eigenvalue weighted by molar-refractivity contribution is 5.89. The molecule has 0 atom stereocenters. The van der Waals surface area contributed by atoms with Gasteiger partial charge in [-0.2, -0.15) is 0 Å². The number of H-pyrrole nitrogens is 1. The van der Waals surface area contributed by atoms with Gasteiger partial charge in [-0.15, -0.1) is 0 Å². The third kappa shape index (κ3) is 2.89. The highest BCUT2D eigenvalue weighted by atomic mass is 16.2. The number of aromatic nitrogens is 2. The monoisotopic (exact) mass is 371 g/mol. The molecule has 28 heavy (non-hydrogen) atoms. The number of rotatable bonds is 3. The van der Waals surface area contributed by atoms with E-state index >= 15 is 0 Å². The van der Waals surface area contributed by atoms with E-state index in [4.69, 9.17) is 0 Å². The Morgan fingerprint density at radius 3 is 2.64 bits per heavy atom. The average Bonchev–Trinajstić information content (AvgIpc) is 3.30. The van der Waals surface area contributed by atoms with E-state index in [0.717, 1.165) is 42.4 Å². The summed E-state index contributed by atoms with van der Waals surface area (Å²) >= 11 is 0. The molecule has 1 fully saturated rings. The van der Waals surface area contributed by atoms with Crippen molar-refractivity contribution in [1.82, 2.24) is 14.5 Å². The Morgan fingerprint density at radius 2 is 1.82 bits per heavy atom. The summed E-state index contributed by atoms with van der Waals surface area (Å²) in [4.78, 5) is 18.2. The normalized spacial score (nSPS) is 15.5. The average molecular weight is 371 g/mol. The first-order chi connectivity index (χ1) is 13.7. The number of nitrogens with zero attached hydrogens (tertiary/aromatic N) is 2. The van der Waals surface area contributed by atoms with Crippen molar-refractivity contribution in [3.05, 3.63) is 72.1 Å². The van der Waals surface area contributed by atoms with Gasteiger partial charge in [-0.25, -0.2) is 0 Å². The second kappa shape index (κ2) is 6.86. The minimum atomic E-state index is 0.236. The number of hydrogen-bond donors (Lipinski definition) is 1. The molecular weight excluding hydrogens is 346 g/mol.